The number of ether oxygens (including phenoxy) is 3. The molecule has 7 nitrogen and oxygen atoms in total. The minimum atomic E-state index is -5.64. The molecule has 0 saturated heterocycles. The fraction of sp³-hybridized carbons (Fsp3) is 0.625. The van der Waals surface area contributed by atoms with Gasteiger partial charge in [-0.3, -0.25) is 0 Å². The van der Waals surface area contributed by atoms with Crippen LogP contribution in [-0.4, -0.2) is 53.2 Å². The van der Waals surface area contributed by atoms with Crippen LogP contribution in [0.3, 0.4) is 0 Å². The third-order valence-corrected chi connectivity index (χ3v) is 3.06. The molecule has 0 saturated carbocycles. The number of rotatable bonds is 5. The second-order valence-electron chi connectivity index (χ2n) is 3.06. The SMILES string of the molecule is COC(=O)C(OC(=O)C(F)(F)F)S(=O)C(F)(F)C(=O)OC. The molecule has 0 fully saturated rings. The zero-order valence-corrected chi connectivity index (χ0v) is 11.0. The normalized spacial score (nSPS) is 14.8. The summed E-state index contributed by atoms with van der Waals surface area (Å²) in [7, 11) is -2.99. The Balaban J connectivity index is 5.45. The molecule has 13 heteroatoms. The van der Waals surface area contributed by atoms with Crippen molar-refractivity contribution in [3.63, 3.8) is 0 Å². The van der Waals surface area contributed by atoms with Gasteiger partial charge < -0.3 is 14.2 Å². The van der Waals surface area contributed by atoms with Crippen molar-refractivity contribution in [3.8, 4) is 0 Å². The molecule has 0 aromatic carbocycles. The zero-order chi connectivity index (χ0) is 17.0. The highest BCUT2D eigenvalue weighted by molar-refractivity contribution is 7.88. The maximum absolute atomic E-state index is 13.2. The summed E-state index contributed by atoms with van der Waals surface area (Å²) in [5, 5.41) is -4.90. The molecule has 21 heavy (non-hydrogen) atoms. The minimum Gasteiger partial charge on any atom is -0.466 e. The van der Waals surface area contributed by atoms with Crippen LogP contribution in [0.15, 0.2) is 0 Å². The van der Waals surface area contributed by atoms with Crippen molar-refractivity contribution in [2.75, 3.05) is 14.2 Å². The number of esters is 3. The standard InChI is InChI=1S/C8H7F5O7S/c1-18-3(14)4(20-5(15)7(9,10)11)21(17)8(12,13)6(16)19-2/h4H,1-2H3. The van der Waals surface area contributed by atoms with Gasteiger partial charge >= 0.3 is 29.3 Å². The van der Waals surface area contributed by atoms with Crippen LogP contribution < -0.4 is 0 Å². The fourth-order valence-electron chi connectivity index (χ4n) is 0.775. The highest BCUT2D eigenvalue weighted by Gasteiger charge is 2.56. The quantitative estimate of drug-likeness (QED) is 0.397. The minimum absolute atomic E-state index is 0.475. The van der Waals surface area contributed by atoms with Crippen molar-refractivity contribution >= 4 is 28.7 Å². The van der Waals surface area contributed by atoms with Crippen molar-refractivity contribution in [2.45, 2.75) is 16.9 Å². The van der Waals surface area contributed by atoms with Crippen LogP contribution in [0.4, 0.5) is 22.0 Å². The molecule has 0 N–H and O–H groups in total. The highest BCUT2D eigenvalue weighted by atomic mass is 32.2. The van der Waals surface area contributed by atoms with Crippen LogP contribution in [0.5, 0.6) is 0 Å². The van der Waals surface area contributed by atoms with Crippen LogP contribution in [0.1, 0.15) is 0 Å². The van der Waals surface area contributed by atoms with Crippen molar-refractivity contribution in [3.05, 3.63) is 0 Å². The van der Waals surface area contributed by atoms with E-state index in [1.165, 1.54) is 0 Å². The maximum Gasteiger partial charge on any atom is 0.490 e. The summed E-state index contributed by atoms with van der Waals surface area (Å²) in [5.41, 5.74) is -3.17. The van der Waals surface area contributed by atoms with E-state index in [1.807, 2.05) is 0 Å². The van der Waals surface area contributed by atoms with Crippen LogP contribution in [0.25, 0.3) is 0 Å². The van der Waals surface area contributed by atoms with Crippen LogP contribution in [-0.2, 0) is 39.4 Å². The number of carbonyl (C=O) groups is 3. The molecule has 0 aliphatic heterocycles. The number of halogens is 5. The molecular weight excluding hydrogens is 335 g/mol. The molecule has 0 aromatic heterocycles. The lowest BCUT2D eigenvalue weighted by Gasteiger charge is -2.20. The Morgan fingerprint density at radius 3 is 1.76 bits per heavy atom. The molecule has 0 bridgehead atoms. The first-order valence-electron chi connectivity index (χ1n) is 4.62. The van der Waals surface area contributed by atoms with Gasteiger partial charge in [-0.15, -0.1) is 0 Å². The first-order chi connectivity index (χ1) is 9.39. The summed E-state index contributed by atoms with van der Waals surface area (Å²) in [4.78, 5) is 32.2. The van der Waals surface area contributed by atoms with E-state index in [-0.39, 0.29) is 0 Å². The lowest BCUT2D eigenvalue weighted by atomic mass is 10.6. The largest absolute Gasteiger partial charge is 0.490 e. The molecule has 0 spiro atoms. The zero-order valence-electron chi connectivity index (χ0n) is 10.2. The van der Waals surface area contributed by atoms with Crippen LogP contribution in [0, 0.1) is 0 Å². The van der Waals surface area contributed by atoms with Crippen molar-refractivity contribution < 1.29 is 54.8 Å². The van der Waals surface area contributed by atoms with Gasteiger partial charge in [-0.1, -0.05) is 0 Å². The number of methoxy groups -OCH3 is 2. The molecule has 0 rings (SSSR count). The van der Waals surface area contributed by atoms with E-state index < -0.39 is 45.6 Å². The van der Waals surface area contributed by atoms with Crippen molar-refractivity contribution in [1.29, 1.82) is 0 Å². The first kappa shape index (κ1) is 19.2. The van der Waals surface area contributed by atoms with Crippen molar-refractivity contribution in [1.82, 2.24) is 0 Å². The fourth-order valence-corrected chi connectivity index (χ4v) is 1.74. The summed E-state index contributed by atoms with van der Waals surface area (Å²) in [6.45, 7) is 0. The van der Waals surface area contributed by atoms with Gasteiger partial charge in [0.1, 0.15) is 0 Å². The molecule has 0 amide bonds. The topological polar surface area (TPSA) is 96.0 Å². The molecule has 2 atom stereocenters. The molecule has 122 valence electrons. The van der Waals surface area contributed by atoms with E-state index in [0.717, 1.165) is 0 Å². The Bertz CT molecular complexity index is 460. The second-order valence-corrected chi connectivity index (χ2v) is 4.60. The lowest BCUT2D eigenvalue weighted by molar-refractivity contribution is -0.203. The molecule has 0 aliphatic carbocycles. The molecule has 0 radical (unpaired) electrons. The summed E-state index contributed by atoms with van der Waals surface area (Å²) in [6.07, 6.45) is -5.64. The number of hydrogen-bond donors (Lipinski definition) is 0. The number of hydrogen-bond acceptors (Lipinski definition) is 7. The molecule has 2 unspecified atom stereocenters. The third-order valence-electron chi connectivity index (χ3n) is 1.71. The van der Waals surface area contributed by atoms with Gasteiger partial charge in [-0.25, -0.2) is 18.6 Å². The molecule has 0 aromatic rings. The van der Waals surface area contributed by atoms with E-state index in [0.29, 0.717) is 14.2 Å². The van der Waals surface area contributed by atoms with Gasteiger partial charge in [0.25, 0.3) is 5.44 Å². The van der Waals surface area contributed by atoms with Crippen LogP contribution >= 0.6 is 0 Å². The number of carbonyl (C=O) groups excluding carboxylic acids is 3. The molecule has 0 heterocycles. The lowest BCUT2D eigenvalue weighted by Crippen LogP contribution is -2.46. The third kappa shape index (κ3) is 4.61. The smallest absolute Gasteiger partial charge is 0.466 e. The Labute approximate surface area is 115 Å². The average molecular weight is 342 g/mol. The van der Waals surface area contributed by atoms with E-state index >= 15 is 0 Å². The summed E-state index contributed by atoms with van der Waals surface area (Å²) in [6, 6.07) is 0. The Morgan fingerprint density at radius 2 is 1.43 bits per heavy atom. The van der Waals surface area contributed by atoms with Gasteiger partial charge in [-0.2, -0.15) is 22.0 Å². The van der Waals surface area contributed by atoms with E-state index in [1.54, 1.807) is 0 Å². The Morgan fingerprint density at radius 1 is 0.952 bits per heavy atom. The van der Waals surface area contributed by atoms with E-state index in [2.05, 4.69) is 14.2 Å². The van der Waals surface area contributed by atoms with Gasteiger partial charge in [-0.05, 0) is 0 Å². The van der Waals surface area contributed by atoms with E-state index in [4.69, 9.17) is 0 Å². The van der Waals surface area contributed by atoms with Gasteiger partial charge in [0.05, 0.1) is 14.2 Å². The van der Waals surface area contributed by atoms with Crippen molar-refractivity contribution in [2.24, 2.45) is 0 Å². The Hall–Kier alpha value is -1.79. The molecular formula is C8H7F5O7S. The van der Waals surface area contributed by atoms with Crippen LogP contribution in [0.2, 0.25) is 0 Å². The monoisotopic (exact) mass is 342 g/mol. The highest BCUT2D eigenvalue weighted by Crippen LogP contribution is 2.27. The second kappa shape index (κ2) is 6.78. The summed E-state index contributed by atoms with van der Waals surface area (Å²) in [5.74, 6) is -7.45. The summed E-state index contributed by atoms with van der Waals surface area (Å²) >= 11 is 0. The summed E-state index contributed by atoms with van der Waals surface area (Å²) < 4.78 is 84.5. The first-order valence-corrected chi connectivity index (χ1v) is 5.83. The average Bonchev–Trinajstić information content (AvgIpc) is 2.40. The predicted molar refractivity (Wildman–Crippen MR) is 53.1 cm³/mol. The van der Waals surface area contributed by atoms with Gasteiger partial charge in [0.2, 0.25) is 0 Å². The molecule has 0 aliphatic rings. The van der Waals surface area contributed by atoms with Gasteiger partial charge in [0, 0.05) is 0 Å². The van der Waals surface area contributed by atoms with Gasteiger partial charge in [0.15, 0.2) is 10.8 Å². The maximum atomic E-state index is 13.2. The number of alkyl halides is 5. The predicted octanol–water partition coefficient (Wildman–Crippen LogP) is 0.105. The van der Waals surface area contributed by atoms with E-state index in [9.17, 15) is 40.5 Å². The Kier molecular flexibility index (Phi) is 6.20.